The predicted molar refractivity (Wildman–Crippen MR) is 132 cm³/mol. The maximum atomic E-state index is 12.7. The monoisotopic (exact) mass is 435 g/mol. The van der Waals surface area contributed by atoms with Gasteiger partial charge in [0.05, 0.1) is 6.10 Å². The maximum absolute atomic E-state index is 12.7. The minimum Gasteiger partial charge on any atom is -0.382 e. The third kappa shape index (κ3) is 5.83. The Bertz CT molecular complexity index is 896. The third-order valence-corrected chi connectivity index (χ3v) is 6.89. The zero-order valence-electron chi connectivity index (χ0n) is 19.8. The van der Waals surface area contributed by atoms with Crippen molar-refractivity contribution in [1.29, 1.82) is 0 Å². The van der Waals surface area contributed by atoms with Crippen LogP contribution in [0.25, 0.3) is 0 Å². The molecule has 0 unspecified atom stereocenters. The molecule has 1 saturated heterocycles. The summed E-state index contributed by atoms with van der Waals surface area (Å²) >= 11 is 0. The van der Waals surface area contributed by atoms with E-state index in [1.807, 2.05) is 4.90 Å². The molecule has 2 aromatic rings. The highest BCUT2D eigenvalue weighted by Crippen LogP contribution is 2.26. The Morgan fingerprint density at radius 1 is 0.906 bits per heavy atom. The van der Waals surface area contributed by atoms with Gasteiger partial charge in [-0.3, -0.25) is 4.79 Å². The summed E-state index contributed by atoms with van der Waals surface area (Å²) in [5.41, 5.74) is 6.35. The van der Waals surface area contributed by atoms with Crippen LogP contribution in [0, 0.1) is 20.8 Å². The van der Waals surface area contributed by atoms with E-state index in [0.29, 0.717) is 6.04 Å². The van der Waals surface area contributed by atoms with E-state index in [0.717, 1.165) is 51.9 Å². The summed E-state index contributed by atoms with van der Waals surface area (Å²) in [5, 5.41) is 3.70. The van der Waals surface area contributed by atoms with Crippen LogP contribution < -0.4 is 10.2 Å². The number of rotatable bonds is 6. The molecule has 0 atom stereocenters. The van der Waals surface area contributed by atoms with Gasteiger partial charge in [0.2, 0.25) is 5.91 Å². The van der Waals surface area contributed by atoms with Crippen LogP contribution in [0.2, 0.25) is 0 Å². The summed E-state index contributed by atoms with van der Waals surface area (Å²) in [6, 6.07) is 15.7. The molecule has 0 spiro atoms. The molecule has 32 heavy (non-hydrogen) atoms. The fourth-order valence-corrected chi connectivity index (χ4v) is 4.82. The van der Waals surface area contributed by atoms with Gasteiger partial charge in [-0.1, -0.05) is 35.4 Å². The SMILES string of the molecule is Cc1ccc(N2CCN(C(=O)COC3CCC(Nc4ccc(C)cc4C)CC3)CC2)cc1. The lowest BCUT2D eigenvalue weighted by Crippen LogP contribution is -2.50. The van der Waals surface area contributed by atoms with Crippen molar-refractivity contribution in [1.82, 2.24) is 4.90 Å². The lowest BCUT2D eigenvalue weighted by Gasteiger charge is -2.36. The molecule has 0 aromatic heterocycles. The molecule has 2 aromatic carbocycles. The minimum absolute atomic E-state index is 0.129. The van der Waals surface area contributed by atoms with Crippen LogP contribution >= 0.6 is 0 Å². The first kappa shape index (κ1) is 22.7. The standard InChI is InChI=1S/C27H37N3O2/c1-20-4-9-24(10-5-20)29-14-16-30(17-15-29)27(31)19-32-25-11-7-23(8-12-25)28-26-13-6-21(2)18-22(26)3/h4-6,9-10,13,18,23,25,28H,7-8,11-12,14-17,19H2,1-3H3. The van der Waals surface area contributed by atoms with Gasteiger partial charge >= 0.3 is 0 Å². The lowest BCUT2D eigenvalue weighted by atomic mass is 9.92. The molecule has 1 aliphatic carbocycles. The smallest absolute Gasteiger partial charge is 0.248 e. The van der Waals surface area contributed by atoms with E-state index in [1.165, 1.54) is 28.1 Å². The van der Waals surface area contributed by atoms with Crippen LogP contribution in [0.4, 0.5) is 11.4 Å². The van der Waals surface area contributed by atoms with Crippen LogP contribution in [0.15, 0.2) is 42.5 Å². The van der Waals surface area contributed by atoms with Gasteiger partial charge < -0.3 is 19.9 Å². The van der Waals surface area contributed by atoms with E-state index in [9.17, 15) is 4.79 Å². The van der Waals surface area contributed by atoms with Gasteiger partial charge in [-0.25, -0.2) is 0 Å². The number of carbonyl (C=O) groups is 1. The molecule has 2 aliphatic rings. The van der Waals surface area contributed by atoms with Gasteiger partial charge in [-0.15, -0.1) is 0 Å². The second-order valence-corrected chi connectivity index (χ2v) is 9.45. The van der Waals surface area contributed by atoms with Gasteiger partial charge in [-0.2, -0.15) is 0 Å². The first-order valence-corrected chi connectivity index (χ1v) is 12.0. The maximum Gasteiger partial charge on any atom is 0.248 e. The molecular weight excluding hydrogens is 398 g/mol. The molecule has 1 heterocycles. The van der Waals surface area contributed by atoms with Crippen molar-refractivity contribution >= 4 is 17.3 Å². The number of piperazine rings is 1. The number of hydrogen-bond acceptors (Lipinski definition) is 4. The molecule has 0 radical (unpaired) electrons. The molecule has 1 saturated carbocycles. The van der Waals surface area contributed by atoms with Crippen LogP contribution in [0.5, 0.6) is 0 Å². The fraction of sp³-hybridized carbons (Fsp3) is 0.519. The van der Waals surface area contributed by atoms with E-state index in [2.05, 4.69) is 73.5 Å². The average molecular weight is 436 g/mol. The summed E-state index contributed by atoms with van der Waals surface area (Å²) in [5.74, 6) is 0.129. The van der Waals surface area contributed by atoms with E-state index >= 15 is 0 Å². The summed E-state index contributed by atoms with van der Waals surface area (Å²) in [6.07, 6.45) is 4.39. The number of ether oxygens (including phenoxy) is 1. The molecule has 172 valence electrons. The van der Waals surface area contributed by atoms with Gasteiger partial charge in [-0.05, 0) is 70.2 Å². The number of aryl methyl sites for hydroxylation is 3. The van der Waals surface area contributed by atoms with Gasteiger partial charge in [0.1, 0.15) is 6.61 Å². The van der Waals surface area contributed by atoms with E-state index in [4.69, 9.17) is 4.74 Å². The van der Waals surface area contributed by atoms with Crippen molar-refractivity contribution in [3.05, 3.63) is 59.2 Å². The summed E-state index contributed by atoms with van der Waals surface area (Å²) in [6.45, 7) is 9.90. The van der Waals surface area contributed by atoms with Crippen LogP contribution in [0.1, 0.15) is 42.4 Å². The zero-order valence-corrected chi connectivity index (χ0v) is 19.8. The van der Waals surface area contributed by atoms with Crippen molar-refractivity contribution < 1.29 is 9.53 Å². The summed E-state index contributed by atoms with van der Waals surface area (Å²) < 4.78 is 6.03. The zero-order chi connectivity index (χ0) is 22.5. The summed E-state index contributed by atoms with van der Waals surface area (Å²) in [7, 11) is 0. The molecule has 1 amide bonds. The average Bonchev–Trinajstić information content (AvgIpc) is 2.81. The van der Waals surface area contributed by atoms with Gasteiger partial charge in [0.25, 0.3) is 0 Å². The van der Waals surface area contributed by atoms with Crippen molar-refractivity contribution in [2.45, 2.75) is 58.6 Å². The first-order chi connectivity index (χ1) is 15.5. The number of amides is 1. The van der Waals surface area contributed by atoms with Crippen LogP contribution in [-0.2, 0) is 9.53 Å². The highest BCUT2D eigenvalue weighted by molar-refractivity contribution is 5.77. The Kier molecular flexibility index (Phi) is 7.36. The van der Waals surface area contributed by atoms with Crippen molar-refractivity contribution in [3.8, 4) is 0 Å². The molecule has 1 N–H and O–H groups in total. The second-order valence-electron chi connectivity index (χ2n) is 9.45. The van der Waals surface area contributed by atoms with E-state index < -0.39 is 0 Å². The quantitative estimate of drug-likeness (QED) is 0.714. The Hall–Kier alpha value is -2.53. The Balaban J connectivity index is 1.16. The number of nitrogens with zero attached hydrogens (tertiary/aromatic N) is 2. The van der Waals surface area contributed by atoms with Crippen LogP contribution in [0.3, 0.4) is 0 Å². The molecule has 2 fully saturated rings. The molecule has 5 nitrogen and oxygen atoms in total. The first-order valence-electron chi connectivity index (χ1n) is 12.0. The van der Waals surface area contributed by atoms with Crippen LogP contribution in [-0.4, -0.2) is 55.7 Å². The minimum atomic E-state index is 0.129. The third-order valence-electron chi connectivity index (χ3n) is 6.89. The molecular formula is C27H37N3O2. The molecule has 1 aliphatic heterocycles. The van der Waals surface area contributed by atoms with Crippen molar-refractivity contribution in [2.24, 2.45) is 0 Å². The largest absolute Gasteiger partial charge is 0.382 e. The number of carbonyl (C=O) groups excluding carboxylic acids is 1. The number of nitrogens with one attached hydrogen (secondary N) is 1. The molecule has 5 heteroatoms. The highest BCUT2D eigenvalue weighted by Gasteiger charge is 2.25. The Morgan fingerprint density at radius 3 is 2.22 bits per heavy atom. The normalized spacial score (nSPS) is 21.5. The number of hydrogen-bond donors (Lipinski definition) is 1. The van der Waals surface area contributed by atoms with E-state index in [-0.39, 0.29) is 18.6 Å². The number of anilines is 2. The topological polar surface area (TPSA) is 44.8 Å². The predicted octanol–water partition coefficient (Wildman–Crippen LogP) is 4.70. The second kappa shape index (κ2) is 10.4. The highest BCUT2D eigenvalue weighted by atomic mass is 16.5. The Labute approximate surface area is 192 Å². The Morgan fingerprint density at radius 2 is 1.56 bits per heavy atom. The molecule has 4 rings (SSSR count). The van der Waals surface area contributed by atoms with Gasteiger partial charge in [0, 0.05) is 43.6 Å². The summed E-state index contributed by atoms with van der Waals surface area (Å²) in [4.78, 5) is 17.0. The fourth-order valence-electron chi connectivity index (χ4n) is 4.82. The van der Waals surface area contributed by atoms with Gasteiger partial charge in [0.15, 0.2) is 0 Å². The molecule has 0 bridgehead atoms. The number of benzene rings is 2. The van der Waals surface area contributed by atoms with Crippen molar-refractivity contribution in [2.75, 3.05) is 43.0 Å². The van der Waals surface area contributed by atoms with Crippen molar-refractivity contribution in [3.63, 3.8) is 0 Å². The van der Waals surface area contributed by atoms with E-state index in [1.54, 1.807) is 0 Å². The lowest BCUT2D eigenvalue weighted by molar-refractivity contribution is -0.139.